The topological polar surface area (TPSA) is 23.6 Å². The number of amides is 1. The van der Waals surface area contributed by atoms with Gasteiger partial charge in [-0.05, 0) is 87.8 Å². The highest BCUT2D eigenvalue weighted by atomic mass is 79.9. The minimum absolute atomic E-state index is 0. The highest BCUT2D eigenvalue weighted by Crippen LogP contribution is 2.40. The summed E-state index contributed by atoms with van der Waals surface area (Å²) in [5.41, 5.74) is 2.53. The number of benzene rings is 2. The van der Waals surface area contributed by atoms with E-state index in [9.17, 15) is 9.18 Å². The molecule has 7 heteroatoms. The Kier molecular flexibility index (Phi) is 9.15. The molecular formula is C24H30Br2ClFN2O. The van der Waals surface area contributed by atoms with Crippen LogP contribution in [0.3, 0.4) is 0 Å². The molecule has 1 unspecified atom stereocenters. The van der Waals surface area contributed by atoms with Gasteiger partial charge in [0.05, 0.1) is 6.04 Å². The summed E-state index contributed by atoms with van der Waals surface area (Å²) in [5, 5.41) is 0. The molecule has 1 aliphatic rings. The van der Waals surface area contributed by atoms with Gasteiger partial charge in [0.15, 0.2) is 0 Å². The zero-order valence-corrected chi connectivity index (χ0v) is 22.4. The average Bonchev–Trinajstić information content (AvgIpc) is 2.70. The van der Waals surface area contributed by atoms with E-state index in [4.69, 9.17) is 0 Å². The van der Waals surface area contributed by atoms with Gasteiger partial charge >= 0.3 is 0 Å². The summed E-state index contributed by atoms with van der Waals surface area (Å²) < 4.78 is 15.9. The van der Waals surface area contributed by atoms with Crippen molar-refractivity contribution >= 4 is 50.2 Å². The Morgan fingerprint density at radius 2 is 1.74 bits per heavy atom. The second-order valence-corrected chi connectivity index (χ2v) is 10.4. The molecule has 0 N–H and O–H groups in total. The van der Waals surface area contributed by atoms with Crippen molar-refractivity contribution in [3.05, 3.63) is 67.9 Å². The molecule has 0 aliphatic carbocycles. The van der Waals surface area contributed by atoms with Gasteiger partial charge in [0, 0.05) is 27.8 Å². The Labute approximate surface area is 208 Å². The summed E-state index contributed by atoms with van der Waals surface area (Å²) in [4.78, 5) is 17.6. The second kappa shape index (κ2) is 10.8. The van der Waals surface area contributed by atoms with Crippen LogP contribution in [0.2, 0.25) is 0 Å². The standard InChI is InChI=1S/C24H29Br2FN2O.ClH/c1-16-11-19(5-6-22(16)27)24(7-9-28(3)10-8-24)15-23(30)29(4)17(2)18-12-20(25)14-21(26)13-18;/h5-6,11-14,17H,7-10,15H2,1-4H3;1H. The molecule has 2 aromatic carbocycles. The lowest BCUT2D eigenvalue weighted by Crippen LogP contribution is -2.44. The minimum atomic E-state index is -0.256. The third kappa shape index (κ3) is 6.10. The lowest BCUT2D eigenvalue weighted by molar-refractivity contribution is -0.133. The molecule has 0 saturated carbocycles. The monoisotopic (exact) mass is 574 g/mol. The van der Waals surface area contributed by atoms with Crippen LogP contribution < -0.4 is 0 Å². The number of carbonyl (C=O) groups excluding carboxylic acids is 1. The Morgan fingerprint density at radius 3 is 2.29 bits per heavy atom. The van der Waals surface area contributed by atoms with Crippen LogP contribution in [0.5, 0.6) is 0 Å². The predicted molar refractivity (Wildman–Crippen MR) is 134 cm³/mol. The lowest BCUT2D eigenvalue weighted by atomic mass is 9.70. The van der Waals surface area contributed by atoms with Gasteiger partial charge in [0.1, 0.15) is 5.82 Å². The van der Waals surface area contributed by atoms with Crippen molar-refractivity contribution in [2.75, 3.05) is 27.2 Å². The Balaban J connectivity index is 0.00000341. The van der Waals surface area contributed by atoms with Crippen LogP contribution in [0.25, 0.3) is 0 Å². The Hall–Kier alpha value is -0.950. The molecule has 170 valence electrons. The number of carbonyl (C=O) groups is 1. The fourth-order valence-electron chi connectivity index (χ4n) is 4.26. The smallest absolute Gasteiger partial charge is 0.223 e. The Morgan fingerprint density at radius 1 is 1.16 bits per heavy atom. The van der Waals surface area contributed by atoms with Gasteiger partial charge in [-0.2, -0.15) is 0 Å². The van der Waals surface area contributed by atoms with Crippen molar-refractivity contribution in [1.82, 2.24) is 9.80 Å². The maximum atomic E-state index is 13.9. The van der Waals surface area contributed by atoms with Crippen molar-refractivity contribution in [2.45, 2.75) is 44.6 Å². The number of aryl methyl sites for hydroxylation is 1. The van der Waals surface area contributed by atoms with E-state index in [0.717, 1.165) is 46.0 Å². The Bertz CT molecular complexity index is 912. The maximum absolute atomic E-state index is 13.9. The SMILES string of the molecule is Cc1cc(C2(CC(=O)N(C)C(C)c3cc(Br)cc(Br)c3)CCN(C)CC2)ccc1F.Cl. The van der Waals surface area contributed by atoms with Crippen molar-refractivity contribution in [3.63, 3.8) is 0 Å². The molecule has 0 bridgehead atoms. The van der Waals surface area contributed by atoms with E-state index in [1.54, 1.807) is 13.0 Å². The van der Waals surface area contributed by atoms with Crippen LogP contribution in [0.1, 0.15) is 48.9 Å². The second-order valence-electron chi connectivity index (χ2n) is 8.61. The molecule has 31 heavy (non-hydrogen) atoms. The van der Waals surface area contributed by atoms with E-state index in [-0.39, 0.29) is 35.6 Å². The van der Waals surface area contributed by atoms with E-state index < -0.39 is 0 Å². The van der Waals surface area contributed by atoms with Crippen LogP contribution in [0.4, 0.5) is 4.39 Å². The molecule has 1 aliphatic heterocycles. The number of nitrogens with zero attached hydrogens (tertiary/aromatic N) is 2. The van der Waals surface area contributed by atoms with Crippen LogP contribution >= 0.6 is 44.3 Å². The molecule has 1 amide bonds. The summed E-state index contributed by atoms with van der Waals surface area (Å²) in [5.74, 6) is -0.0794. The third-order valence-electron chi connectivity index (χ3n) is 6.55. The summed E-state index contributed by atoms with van der Waals surface area (Å²) in [6.45, 7) is 5.71. The molecule has 1 heterocycles. The van der Waals surface area contributed by atoms with Crippen LogP contribution in [0.15, 0.2) is 45.3 Å². The zero-order valence-electron chi connectivity index (χ0n) is 18.4. The number of rotatable bonds is 5. The molecule has 2 aromatic rings. The van der Waals surface area contributed by atoms with Crippen molar-refractivity contribution in [2.24, 2.45) is 0 Å². The number of hydrogen-bond acceptors (Lipinski definition) is 2. The van der Waals surface area contributed by atoms with Crippen molar-refractivity contribution in [1.29, 1.82) is 0 Å². The number of hydrogen-bond donors (Lipinski definition) is 0. The molecular weight excluding hydrogens is 547 g/mol. The average molecular weight is 577 g/mol. The molecule has 1 fully saturated rings. The van der Waals surface area contributed by atoms with Gasteiger partial charge in [-0.3, -0.25) is 4.79 Å². The first kappa shape index (κ1) is 26.3. The molecule has 0 aromatic heterocycles. The first-order chi connectivity index (χ1) is 14.1. The van der Waals surface area contributed by atoms with Crippen LogP contribution in [-0.2, 0) is 10.2 Å². The zero-order chi connectivity index (χ0) is 22.1. The number of halogens is 4. The van der Waals surface area contributed by atoms with Gasteiger partial charge in [0.25, 0.3) is 0 Å². The first-order valence-electron chi connectivity index (χ1n) is 10.3. The van der Waals surface area contributed by atoms with Crippen LogP contribution in [-0.4, -0.2) is 42.9 Å². The molecule has 1 saturated heterocycles. The fraction of sp³-hybridized carbons (Fsp3) is 0.458. The van der Waals surface area contributed by atoms with E-state index in [1.165, 1.54) is 0 Å². The van der Waals surface area contributed by atoms with Gasteiger partial charge in [-0.1, -0.05) is 44.0 Å². The predicted octanol–water partition coefficient (Wildman–Crippen LogP) is 6.65. The summed E-state index contributed by atoms with van der Waals surface area (Å²) in [6, 6.07) is 11.4. The van der Waals surface area contributed by atoms with Gasteiger partial charge in [-0.25, -0.2) is 4.39 Å². The molecule has 3 nitrogen and oxygen atoms in total. The number of likely N-dealkylation sites (tertiary alicyclic amines) is 1. The highest BCUT2D eigenvalue weighted by molar-refractivity contribution is 9.11. The van der Waals surface area contributed by atoms with E-state index in [0.29, 0.717) is 12.0 Å². The minimum Gasteiger partial charge on any atom is -0.339 e. The summed E-state index contributed by atoms with van der Waals surface area (Å²) >= 11 is 7.07. The third-order valence-corrected chi connectivity index (χ3v) is 7.46. The van der Waals surface area contributed by atoms with Gasteiger partial charge in [-0.15, -0.1) is 12.4 Å². The molecule has 0 spiro atoms. The van der Waals surface area contributed by atoms with Crippen molar-refractivity contribution < 1.29 is 9.18 Å². The van der Waals surface area contributed by atoms with Crippen molar-refractivity contribution in [3.8, 4) is 0 Å². The largest absolute Gasteiger partial charge is 0.339 e. The normalized spacial score (nSPS) is 17.0. The highest BCUT2D eigenvalue weighted by Gasteiger charge is 2.39. The summed E-state index contributed by atoms with van der Waals surface area (Å²) in [6.07, 6.45) is 2.22. The molecule has 3 rings (SSSR count). The van der Waals surface area contributed by atoms with Crippen LogP contribution in [0, 0.1) is 12.7 Å². The fourth-order valence-corrected chi connectivity index (χ4v) is 5.59. The quantitative estimate of drug-likeness (QED) is 0.398. The lowest BCUT2D eigenvalue weighted by Gasteiger charge is -2.42. The molecule has 0 radical (unpaired) electrons. The van der Waals surface area contributed by atoms with E-state index in [2.05, 4.69) is 50.7 Å². The molecule has 1 atom stereocenters. The summed E-state index contributed by atoms with van der Waals surface area (Å²) in [7, 11) is 3.99. The van der Waals surface area contributed by atoms with Gasteiger partial charge < -0.3 is 9.80 Å². The first-order valence-corrected chi connectivity index (χ1v) is 11.9. The van der Waals surface area contributed by atoms with E-state index >= 15 is 0 Å². The maximum Gasteiger partial charge on any atom is 0.223 e. The number of piperidine rings is 1. The van der Waals surface area contributed by atoms with Gasteiger partial charge in [0.2, 0.25) is 5.91 Å². The van der Waals surface area contributed by atoms with E-state index in [1.807, 2.05) is 42.3 Å².